The van der Waals surface area contributed by atoms with E-state index >= 15 is 0 Å². The van der Waals surface area contributed by atoms with Gasteiger partial charge in [0.25, 0.3) is 9.05 Å². The molecular weight excluding hydrogens is 549 g/mol. The fraction of sp³-hybridized carbons (Fsp3) is 0.300. The van der Waals surface area contributed by atoms with Gasteiger partial charge in [-0.2, -0.15) is 4.31 Å². The number of carbonyl (C=O) groups is 2. The van der Waals surface area contributed by atoms with Crippen LogP contribution in [0.4, 0.5) is 11.4 Å². The number of nitrogens with one attached hydrogen (secondary N) is 2. The highest BCUT2D eigenvalue weighted by atomic mass is 35.7. The first-order valence-corrected chi connectivity index (χ1v) is 14.4. The summed E-state index contributed by atoms with van der Waals surface area (Å²) in [7, 11) is -2.21. The maximum Gasteiger partial charge on any atom is 0.261 e. The number of rotatable bonds is 9. The predicted molar refractivity (Wildman–Crippen MR) is 135 cm³/mol. The number of hydrogen-bond donors (Lipinski definition) is 2. The number of hydrogen-bond acceptors (Lipinski definition) is 6. The van der Waals surface area contributed by atoms with E-state index in [0.717, 1.165) is 0 Å². The molecule has 34 heavy (non-hydrogen) atoms. The minimum absolute atomic E-state index is 0.00766. The lowest BCUT2D eigenvalue weighted by Gasteiger charge is -2.20. The zero-order valence-corrected chi connectivity index (χ0v) is 22.2. The van der Waals surface area contributed by atoms with Crippen LogP contribution < -0.4 is 10.6 Å². The Hall–Kier alpha value is -1.89. The van der Waals surface area contributed by atoms with Gasteiger partial charge in [-0.25, -0.2) is 16.8 Å². The summed E-state index contributed by atoms with van der Waals surface area (Å²) < 4.78 is 47.7. The molecule has 0 heterocycles. The molecule has 2 N–H and O–H groups in total. The van der Waals surface area contributed by atoms with E-state index in [9.17, 15) is 26.4 Å². The van der Waals surface area contributed by atoms with Crippen LogP contribution in [0.2, 0.25) is 0 Å². The first-order valence-electron chi connectivity index (χ1n) is 9.63. The van der Waals surface area contributed by atoms with Gasteiger partial charge < -0.3 is 10.6 Å². The highest BCUT2D eigenvalue weighted by Gasteiger charge is 2.23. The summed E-state index contributed by atoms with van der Waals surface area (Å²) in [4.78, 5) is 21.7. The van der Waals surface area contributed by atoms with E-state index in [1.807, 2.05) is 0 Å². The summed E-state index contributed by atoms with van der Waals surface area (Å²) in [6, 6.07) is 11.5. The second kappa shape index (κ2) is 13.9. The fourth-order valence-electron chi connectivity index (χ4n) is 2.51. The first kappa shape index (κ1) is 30.1. The van der Waals surface area contributed by atoms with Crippen molar-refractivity contribution >= 4 is 76.1 Å². The summed E-state index contributed by atoms with van der Waals surface area (Å²) >= 11 is 11.2. The number of benzene rings is 2. The standard InChI is InChI=1S/C12H16Cl2N2O3S.C8H8ClNO3S/c1-10(17)15-11-2-4-12(5-3-11)20(18,19)16(8-6-13)9-7-14;1-6(11)10-7-2-4-8(5-3-7)14(9,12)13/h2-5H,6-9H2,1H3,(H,15,17);2-5H,1H3,(H,10,11). The minimum atomic E-state index is -3.69. The molecule has 0 bridgehead atoms. The van der Waals surface area contributed by atoms with E-state index < -0.39 is 19.1 Å². The molecule has 0 unspecified atom stereocenters. The summed E-state index contributed by atoms with van der Waals surface area (Å²) in [5, 5.41) is 5.08. The van der Waals surface area contributed by atoms with Gasteiger partial charge in [0, 0.05) is 60.8 Å². The minimum Gasteiger partial charge on any atom is -0.326 e. The van der Waals surface area contributed by atoms with Crippen molar-refractivity contribution in [2.24, 2.45) is 0 Å². The molecular formula is C20H24Cl3N3O6S2. The van der Waals surface area contributed by atoms with Gasteiger partial charge in [0.1, 0.15) is 0 Å². The molecule has 0 aliphatic heterocycles. The Morgan fingerprint density at radius 2 is 1.09 bits per heavy atom. The highest BCUT2D eigenvalue weighted by molar-refractivity contribution is 8.13. The second-order valence-electron chi connectivity index (χ2n) is 6.63. The van der Waals surface area contributed by atoms with Crippen molar-refractivity contribution in [3.05, 3.63) is 48.5 Å². The van der Waals surface area contributed by atoms with Crippen molar-refractivity contribution in [3.8, 4) is 0 Å². The average Bonchev–Trinajstić information content (AvgIpc) is 2.73. The highest BCUT2D eigenvalue weighted by Crippen LogP contribution is 2.19. The van der Waals surface area contributed by atoms with Crippen LogP contribution in [0.5, 0.6) is 0 Å². The summed E-state index contributed by atoms with van der Waals surface area (Å²) in [6.45, 7) is 3.15. The van der Waals surface area contributed by atoms with Crippen LogP contribution >= 0.6 is 33.9 Å². The van der Waals surface area contributed by atoms with Crippen molar-refractivity contribution < 1.29 is 26.4 Å². The molecule has 0 atom stereocenters. The van der Waals surface area contributed by atoms with Gasteiger partial charge in [-0.05, 0) is 48.5 Å². The summed E-state index contributed by atoms with van der Waals surface area (Å²) in [5.41, 5.74) is 1.07. The molecule has 0 saturated heterocycles. The molecule has 2 rings (SSSR count). The van der Waals surface area contributed by atoms with Gasteiger partial charge in [0.05, 0.1) is 9.79 Å². The topological polar surface area (TPSA) is 130 Å². The van der Waals surface area contributed by atoms with Crippen molar-refractivity contribution in [1.29, 1.82) is 0 Å². The lowest BCUT2D eigenvalue weighted by Crippen LogP contribution is -2.34. The molecule has 2 amide bonds. The molecule has 2 aromatic rings. The Labute approximate surface area is 213 Å². The number of anilines is 2. The Bertz CT molecular complexity index is 1170. The van der Waals surface area contributed by atoms with Gasteiger partial charge >= 0.3 is 0 Å². The lowest BCUT2D eigenvalue weighted by atomic mass is 10.3. The van der Waals surface area contributed by atoms with Gasteiger partial charge in [-0.1, -0.05) is 0 Å². The molecule has 2 aromatic carbocycles. The molecule has 0 fully saturated rings. The van der Waals surface area contributed by atoms with Crippen molar-refractivity contribution in [2.75, 3.05) is 35.5 Å². The number of nitrogens with zero attached hydrogens (tertiary/aromatic N) is 1. The molecule has 0 radical (unpaired) electrons. The molecule has 9 nitrogen and oxygen atoms in total. The van der Waals surface area contributed by atoms with Gasteiger partial charge in [-0.3, -0.25) is 9.59 Å². The number of alkyl halides is 2. The SMILES string of the molecule is CC(=O)Nc1ccc(S(=O)(=O)Cl)cc1.CC(=O)Nc1ccc(S(=O)(=O)N(CCCl)CCCl)cc1. The van der Waals surface area contributed by atoms with E-state index in [4.69, 9.17) is 33.9 Å². The monoisotopic (exact) mass is 571 g/mol. The Morgan fingerprint density at radius 1 is 0.735 bits per heavy atom. The normalized spacial score (nSPS) is 11.4. The second-order valence-corrected chi connectivity index (χ2v) is 11.9. The largest absolute Gasteiger partial charge is 0.326 e. The molecule has 0 spiro atoms. The first-order chi connectivity index (χ1) is 15.8. The maximum atomic E-state index is 12.4. The number of sulfonamides is 1. The number of amides is 2. The number of carbonyl (C=O) groups excluding carboxylic acids is 2. The predicted octanol–water partition coefficient (Wildman–Crippen LogP) is 3.69. The zero-order valence-electron chi connectivity index (χ0n) is 18.3. The van der Waals surface area contributed by atoms with Crippen LogP contribution in [-0.4, -0.2) is 57.8 Å². The molecule has 0 aromatic heterocycles. The van der Waals surface area contributed by atoms with Crippen LogP contribution in [0.25, 0.3) is 0 Å². The van der Waals surface area contributed by atoms with E-state index in [-0.39, 0.29) is 46.5 Å². The van der Waals surface area contributed by atoms with Crippen molar-refractivity contribution in [3.63, 3.8) is 0 Å². The van der Waals surface area contributed by atoms with E-state index in [0.29, 0.717) is 11.4 Å². The van der Waals surface area contributed by atoms with E-state index in [1.165, 1.54) is 66.7 Å². The third-order valence-electron chi connectivity index (χ3n) is 3.94. The molecule has 0 saturated carbocycles. The molecule has 0 aliphatic rings. The van der Waals surface area contributed by atoms with Crippen LogP contribution in [0, 0.1) is 0 Å². The van der Waals surface area contributed by atoms with Crippen LogP contribution in [-0.2, 0) is 28.7 Å². The quantitative estimate of drug-likeness (QED) is 0.348. The molecule has 188 valence electrons. The third kappa shape index (κ3) is 10.2. The Morgan fingerprint density at radius 3 is 1.38 bits per heavy atom. The van der Waals surface area contributed by atoms with E-state index in [1.54, 1.807) is 0 Å². The van der Waals surface area contributed by atoms with Gasteiger partial charge in [0.2, 0.25) is 21.8 Å². The lowest BCUT2D eigenvalue weighted by molar-refractivity contribution is -0.115. The van der Waals surface area contributed by atoms with Crippen molar-refractivity contribution in [2.45, 2.75) is 23.6 Å². The summed E-state index contributed by atoms with van der Waals surface area (Å²) in [6.07, 6.45) is 0. The van der Waals surface area contributed by atoms with Gasteiger partial charge in [-0.15, -0.1) is 23.2 Å². The molecule has 14 heteroatoms. The Balaban J connectivity index is 0.000000362. The fourth-order valence-corrected chi connectivity index (χ4v) is 5.33. The van der Waals surface area contributed by atoms with Crippen molar-refractivity contribution in [1.82, 2.24) is 4.31 Å². The smallest absolute Gasteiger partial charge is 0.261 e. The van der Waals surface area contributed by atoms with E-state index in [2.05, 4.69) is 10.6 Å². The Kier molecular flexibility index (Phi) is 12.3. The van der Waals surface area contributed by atoms with Crippen LogP contribution in [0.3, 0.4) is 0 Å². The van der Waals surface area contributed by atoms with Crippen LogP contribution in [0.15, 0.2) is 58.3 Å². The van der Waals surface area contributed by atoms with Crippen LogP contribution in [0.1, 0.15) is 13.8 Å². The average molecular weight is 573 g/mol. The third-order valence-corrected chi connectivity index (χ3v) is 7.56. The summed E-state index contributed by atoms with van der Waals surface area (Å²) in [5.74, 6) is -0.0433. The van der Waals surface area contributed by atoms with Gasteiger partial charge in [0.15, 0.2) is 0 Å². The number of halogens is 3. The maximum absolute atomic E-state index is 12.4. The zero-order chi connectivity index (χ0) is 25.9. The molecule has 0 aliphatic carbocycles.